The number of sulfonamides is 1. The molecule has 0 heterocycles. The standard InChI is InChI=1S/C13H20N2O3S/c1-4-5-15(6-7-16)19(17,18)12-8-10(2)11(3)13(14)9-12/h4,8-9,16H,1,5-7,14H2,2-3H3. The molecule has 3 N–H and O–H groups in total. The van der Waals surface area contributed by atoms with Gasteiger partial charge in [-0.15, -0.1) is 6.58 Å². The number of aliphatic hydroxyl groups excluding tert-OH is 1. The molecule has 19 heavy (non-hydrogen) atoms. The molecule has 0 atom stereocenters. The van der Waals surface area contributed by atoms with Crippen LogP contribution in [0.3, 0.4) is 0 Å². The van der Waals surface area contributed by atoms with Gasteiger partial charge in [-0.2, -0.15) is 4.31 Å². The molecule has 0 fully saturated rings. The number of benzene rings is 1. The van der Waals surface area contributed by atoms with Crippen LogP contribution in [0.15, 0.2) is 29.7 Å². The van der Waals surface area contributed by atoms with E-state index in [1.54, 1.807) is 6.07 Å². The average Bonchev–Trinajstić information content (AvgIpc) is 2.35. The predicted molar refractivity (Wildman–Crippen MR) is 76.4 cm³/mol. The molecular formula is C13H20N2O3S. The fourth-order valence-electron chi connectivity index (χ4n) is 1.72. The van der Waals surface area contributed by atoms with E-state index in [1.165, 1.54) is 16.4 Å². The van der Waals surface area contributed by atoms with Gasteiger partial charge < -0.3 is 10.8 Å². The van der Waals surface area contributed by atoms with Gasteiger partial charge in [0.25, 0.3) is 0 Å². The van der Waals surface area contributed by atoms with Gasteiger partial charge in [0.15, 0.2) is 0 Å². The van der Waals surface area contributed by atoms with Gasteiger partial charge in [-0.25, -0.2) is 8.42 Å². The molecule has 0 amide bonds. The van der Waals surface area contributed by atoms with Crippen LogP contribution in [-0.2, 0) is 10.0 Å². The van der Waals surface area contributed by atoms with Crippen LogP contribution in [0.5, 0.6) is 0 Å². The summed E-state index contributed by atoms with van der Waals surface area (Å²) in [5.41, 5.74) is 7.95. The van der Waals surface area contributed by atoms with Gasteiger partial charge >= 0.3 is 0 Å². The number of hydrogen-bond donors (Lipinski definition) is 2. The second kappa shape index (κ2) is 6.18. The van der Waals surface area contributed by atoms with Crippen LogP contribution in [0.25, 0.3) is 0 Å². The van der Waals surface area contributed by atoms with Crippen molar-refractivity contribution in [2.45, 2.75) is 18.7 Å². The zero-order valence-electron chi connectivity index (χ0n) is 11.3. The lowest BCUT2D eigenvalue weighted by Gasteiger charge is -2.20. The second-order valence-corrected chi connectivity index (χ2v) is 6.27. The zero-order valence-corrected chi connectivity index (χ0v) is 12.1. The highest BCUT2D eigenvalue weighted by molar-refractivity contribution is 7.89. The minimum absolute atomic E-state index is 0.0290. The Kier molecular flexibility index (Phi) is 5.11. The van der Waals surface area contributed by atoms with Crippen molar-refractivity contribution in [1.82, 2.24) is 4.31 Å². The molecule has 0 bridgehead atoms. The van der Waals surface area contributed by atoms with Crippen molar-refractivity contribution in [3.05, 3.63) is 35.9 Å². The van der Waals surface area contributed by atoms with Gasteiger partial charge in [0, 0.05) is 18.8 Å². The van der Waals surface area contributed by atoms with E-state index in [-0.39, 0.29) is 24.6 Å². The predicted octanol–water partition coefficient (Wildman–Crippen LogP) is 1.05. The van der Waals surface area contributed by atoms with Gasteiger partial charge in [0.05, 0.1) is 11.5 Å². The number of aliphatic hydroxyl groups is 1. The van der Waals surface area contributed by atoms with Crippen molar-refractivity contribution in [3.63, 3.8) is 0 Å². The fraction of sp³-hybridized carbons (Fsp3) is 0.385. The number of anilines is 1. The summed E-state index contributed by atoms with van der Waals surface area (Å²) >= 11 is 0. The summed E-state index contributed by atoms with van der Waals surface area (Å²) in [6.07, 6.45) is 1.48. The molecule has 0 spiro atoms. The first-order chi connectivity index (χ1) is 8.84. The normalized spacial score (nSPS) is 11.8. The Hall–Kier alpha value is -1.37. The number of nitrogen functional groups attached to an aromatic ring is 1. The van der Waals surface area contributed by atoms with Crippen molar-refractivity contribution in [2.75, 3.05) is 25.4 Å². The summed E-state index contributed by atoms with van der Waals surface area (Å²) in [6.45, 7) is 7.12. The van der Waals surface area contributed by atoms with Crippen LogP contribution in [0.4, 0.5) is 5.69 Å². The van der Waals surface area contributed by atoms with Crippen LogP contribution < -0.4 is 5.73 Å². The minimum Gasteiger partial charge on any atom is -0.398 e. The van der Waals surface area contributed by atoms with Gasteiger partial charge in [0.1, 0.15) is 0 Å². The third kappa shape index (κ3) is 3.34. The lowest BCUT2D eigenvalue weighted by molar-refractivity contribution is 0.260. The summed E-state index contributed by atoms with van der Waals surface area (Å²) in [4.78, 5) is 0.142. The maximum Gasteiger partial charge on any atom is 0.243 e. The SMILES string of the molecule is C=CCN(CCO)S(=O)(=O)c1cc(C)c(C)c(N)c1. The van der Waals surface area contributed by atoms with E-state index in [0.29, 0.717) is 5.69 Å². The van der Waals surface area contributed by atoms with Crippen LogP contribution in [0.1, 0.15) is 11.1 Å². The van der Waals surface area contributed by atoms with Crippen LogP contribution in [-0.4, -0.2) is 37.5 Å². The molecule has 106 valence electrons. The first kappa shape index (κ1) is 15.7. The lowest BCUT2D eigenvalue weighted by Crippen LogP contribution is -2.33. The average molecular weight is 284 g/mol. The first-order valence-electron chi connectivity index (χ1n) is 5.93. The number of aryl methyl sites for hydroxylation is 1. The maximum absolute atomic E-state index is 12.4. The van der Waals surface area contributed by atoms with Gasteiger partial charge in [0.2, 0.25) is 10.0 Å². The molecule has 0 aliphatic heterocycles. The quantitative estimate of drug-likeness (QED) is 0.604. The first-order valence-corrected chi connectivity index (χ1v) is 7.37. The summed E-state index contributed by atoms with van der Waals surface area (Å²) in [6, 6.07) is 3.04. The maximum atomic E-state index is 12.4. The van der Waals surface area contributed by atoms with Crippen molar-refractivity contribution in [3.8, 4) is 0 Å². The molecule has 0 aromatic heterocycles. The van der Waals surface area contributed by atoms with E-state index < -0.39 is 10.0 Å². The van der Waals surface area contributed by atoms with E-state index in [4.69, 9.17) is 10.8 Å². The second-order valence-electron chi connectivity index (χ2n) is 4.33. The topological polar surface area (TPSA) is 83.6 Å². The molecule has 0 saturated carbocycles. The van der Waals surface area contributed by atoms with Crippen molar-refractivity contribution in [2.24, 2.45) is 0 Å². The summed E-state index contributed by atoms with van der Waals surface area (Å²) < 4.78 is 26.0. The Bertz CT molecular complexity index is 544. The minimum atomic E-state index is -3.67. The molecule has 0 aliphatic rings. The molecule has 1 aromatic carbocycles. The molecule has 0 aliphatic carbocycles. The van der Waals surface area contributed by atoms with E-state index in [1.807, 2.05) is 13.8 Å². The third-order valence-corrected chi connectivity index (χ3v) is 4.84. The number of hydrogen-bond acceptors (Lipinski definition) is 4. The Morgan fingerprint density at radius 3 is 2.53 bits per heavy atom. The smallest absolute Gasteiger partial charge is 0.243 e. The highest BCUT2D eigenvalue weighted by Gasteiger charge is 2.24. The van der Waals surface area contributed by atoms with Gasteiger partial charge in [-0.05, 0) is 37.1 Å². The molecule has 5 nitrogen and oxygen atoms in total. The molecule has 0 saturated heterocycles. The zero-order chi connectivity index (χ0) is 14.6. The van der Waals surface area contributed by atoms with Crippen molar-refractivity contribution >= 4 is 15.7 Å². The molecule has 0 unspecified atom stereocenters. The highest BCUT2D eigenvalue weighted by Crippen LogP contribution is 2.24. The number of nitrogens with zero attached hydrogens (tertiary/aromatic N) is 1. The van der Waals surface area contributed by atoms with Crippen LogP contribution in [0.2, 0.25) is 0 Å². The largest absolute Gasteiger partial charge is 0.398 e. The van der Waals surface area contributed by atoms with Crippen LogP contribution in [0, 0.1) is 13.8 Å². The Morgan fingerprint density at radius 2 is 2.05 bits per heavy atom. The van der Waals surface area contributed by atoms with E-state index >= 15 is 0 Å². The van der Waals surface area contributed by atoms with Crippen LogP contribution >= 0.6 is 0 Å². The highest BCUT2D eigenvalue weighted by atomic mass is 32.2. The number of rotatable bonds is 6. The molecule has 6 heteroatoms. The molecule has 0 radical (unpaired) electrons. The van der Waals surface area contributed by atoms with Crippen molar-refractivity contribution < 1.29 is 13.5 Å². The lowest BCUT2D eigenvalue weighted by atomic mass is 10.1. The summed E-state index contributed by atoms with van der Waals surface area (Å²) in [5.74, 6) is 0. The molecular weight excluding hydrogens is 264 g/mol. The monoisotopic (exact) mass is 284 g/mol. The van der Waals surface area contributed by atoms with Crippen molar-refractivity contribution in [1.29, 1.82) is 0 Å². The third-order valence-electron chi connectivity index (χ3n) is 3.00. The number of nitrogens with two attached hydrogens (primary N) is 1. The fourth-order valence-corrected chi connectivity index (χ4v) is 3.24. The Labute approximate surface area is 114 Å². The van der Waals surface area contributed by atoms with E-state index in [0.717, 1.165) is 11.1 Å². The summed E-state index contributed by atoms with van der Waals surface area (Å²) in [7, 11) is -3.67. The Morgan fingerprint density at radius 1 is 1.42 bits per heavy atom. The summed E-state index contributed by atoms with van der Waals surface area (Å²) in [5, 5.41) is 8.96. The van der Waals surface area contributed by atoms with E-state index in [9.17, 15) is 8.42 Å². The van der Waals surface area contributed by atoms with Gasteiger partial charge in [-0.3, -0.25) is 0 Å². The Balaban J connectivity index is 3.28. The van der Waals surface area contributed by atoms with E-state index in [2.05, 4.69) is 6.58 Å². The molecule has 1 aromatic rings. The van der Waals surface area contributed by atoms with Gasteiger partial charge in [-0.1, -0.05) is 6.08 Å². The molecule has 1 rings (SSSR count).